The molecule has 9 aromatic rings. The van der Waals surface area contributed by atoms with E-state index in [4.69, 9.17) is 0 Å². The summed E-state index contributed by atoms with van der Waals surface area (Å²) in [4.78, 5) is 0. The van der Waals surface area contributed by atoms with Crippen LogP contribution in [0.5, 0.6) is 0 Å². The number of halogens is 3. The van der Waals surface area contributed by atoms with Crippen molar-refractivity contribution in [3.05, 3.63) is 257 Å². The number of allylic oxidation sites excluding steroid dienone is 4. The molecule has 0 nitrogen and oxygen atoms in total. The summed E-state index contributed by atoms with van der Waals surface area (Å²) in [5, 5.41) is 5.56. The summed E-state index contributed by atoms with van der Waals surface area (Å²) >= 11 is 2.35. The molecule has 1 aliphatic rings. The molecule has 323 valence electrons. The van der Waals surface area contributed by atoms with Crippen LogP contribution in [0.3, 0.4) is 0 Å². The molecular weight excluding hydrogens is 915 g/mol. The molecule has 0 saturated carbocycles. The van der Waals surface area contributed by atoms with Crippen LogP contribution in [0.1, 0.15) is 13.8 Å². The maximum absolute atomic E-state index is 3.32. The molecule has 0 spiro atoms. The molecular formula is C61H50Cl3SiTi. The third-order valence-electron chi connectivity index (χ3n) is 12.8. The Morgan fingerprint density at radius 2 is 0.530 bits per heavy atom. The van der Waals surface area contributed by atoms with E-state index in [0.29, 0.717) is 5.92 Å². The van der Waals surface area contributed by atoms with Gasteiger partial charge in [-0.05, 0) is 0 Å². The second-order valence-electron chi connectivity index (χ2n) is 16.8. The van der Waals surface area contributed by atoms with Crippen LogP contribution in [0.15, 0.2) is 257 Å². The van der Waals surface area contributed by atoms with Gasteiger partial charge in [0.05, 0.1) is 0 Å². The van der Waals surface area contributed by atoms with Crippen molar-refractivity contribution in [2.75, 3.05) is 0 Å². The predicted molar refractivity (Wildman–Crippen MR) is 288 cm³/mol. The molecule has 0 aromatic heterocycles. The van der Waals surface area contributed by atoms with Crippen molar-refractivity contribution in [2.24, 2.45) is 5.92 Å². The summed E-state index contributed by atoms with van der Waals surface area (Å²) < 4.78 is 1.44. The minimum absolute atomic E-state index is 0. The molecule has 5 heteroatoms. The van der Waals surface area contributed by atoms with Gasteiger partial charge in [0.2, 0.25) is 0 Å². The van der Waals surface area contributed by atoms with Crippen LogP contribution < -0.4 is 15.6 Å². The fraction of sp³-hybridized carbons (Fsp3) is 0.0492. The Balaban J connectivity index is 0.00000216. The van der Waals surface area contributed by atoms with E-state index in [2.05, 4.69) is 277 Å². The Kier molecular flexibility index (Phi) is 15.5. The van der Waals surface area contributed by atoms with Crippen molar-refractivity contribution in [1.82, 2.24) is 0 Å². The normalized spacial score (nSPS) is 13.2. The van der Waals surface area contributed by atoms with Crippen LogP contribution in [-0.2, 0) is 20.4 Å². The van der Waals surface area contributed by atoms with Crippen LogP contribution in [0, 0.1) is 5.92 Å². The number of hydrogen-bond acceptors (Lipinski definition) is 0. The second kappa shape index (κ2) is 21.3. The van der Waals surface area contributed by atoms with Gasteiger partial charge in [-0.15, -0.1) is 37.2 Å². The number of hydrogen-bond donors (Lipinski definition) is 0. The third kappa shape index (κ3) is 9.44. The Morgan fingerprint density at radius 3 is 0.712 bits per heavy atom. The fourth-order valence-corrected chi connectivity index (χ4v) is 15.5. The summed E-state index contributed by atoms with van der Waals surface area (Å²) in [6.45, 7) is 4.77. The molecule has 0 N–H and O–H groups in total. The first kappa shape index (κ1) is 48.2. The fourth-order valence-electron chi connectivity index (χ4n) is 9.63. The molecule has 10 rings (SSSR count). The molecule has 1 aliphatic carbocycles. The summed E-state index contributed by atoms with van der Waals surface area (Å²) in [6.07, 6.45) is 2.63. The van der Waals surface area contributed by atoms with Crippen molar-refractivity contribution < 1.29 is 20.4 Å². The number of benzene rings is 9. The average Bonchev–Trinajstić information content (AvgIpc) is 3.62. The average molecular weight is 965 g/mol. The zero-order valence-electron chi connectivity index (χ0n) is 36.9. The van der Waals surface area contributed by atoms with E-state index in [1.807, 2.05) is 0 Å². The van der Waals surface area contributed by atoms with Gasteiger partial charge < -0.3 is 0 Å². The van der Waals surface area contributed by atoms with Crippen molar-refractivity contribution in [1.29, 1.82) is 0 Å². The smallest absolute Gasteiger partial charge is 0.147 e. The summed E-state index contributed by atoms with van der Waals surface area (Å²) in [5.41, 5.74) is 16.0. The molecule has 1 atom stereocenters. The van der Waals surface area contributed by atoms with Gasteiger partial charge in [-0.25, -0.2) is 0 Å². The molecule has 0 heterocycles. The SMILES string of the molecule is CC1=[C]([Ti])C(C)C=C1[Si](c1cc(-c2ccccc2)cc(-c2ccccc2)c1)(c1cc(-c2ccccc2)cc(-c2ccccc2)c1)c1cc(-c2ccccc2)cc(-c2ccccc2)c1.Cl.Cl.Cl. The zero-order chi connectivity index (χ0) is 42.8. The van der Waals surface area contributed by atoms with Gasteiger partial charge in [-0.2, -0.15) is 0 Å². The first-order chi connectivity index (χ1) is 31.0. The Labute approximate surface area is 421 Å². The van der Waals surface area contributed by atoms with E-state index >= 15 is 0 Å². The third-order valence-corrected chi connectivity index (χ3v) is 18.9. The summed E-state index contributed by atoms with van der Waals surface area (Å²) in [6, 6.07) is 88.3. The monoisotopic (exact) mass is 963 g/mol. The topological polar surface area (TPSA) is 0 Å². The van der Waals surface area contributed by atoms with E-state index < -0.39 is 8.07 Å². The van der Waals surface area contributed by atoms with Crippen molar-refractivity contribution in [2.45, 2.75) is 13.8 Å². The largest absolute Gasteiger partial charge is 0.147 e. The maximum atomic E-state index is 2.63. The molecule has 0 bridgehead atoms. The van der Waals surface area contributed by atoms with Gasteiger partial charge in [-0.3, -0.25) is 0 Å². The van der Waals surface area contributed by atoms with Crippen molar-refractivity contribution in [3.8, 4) is 66.8 Å². The minimum atomic E-state index is -3.32. The molecule has 0 saturated heterocycles. The first-order valence-corrected chi connectivity index (χ1v) is 24.7. The molecule has 0 fully saturated rings. The summed E-state index contributed by atoms with van der Waals surface area (Å²) in [5.74, 6) is 0.301. The molecule has 0 radical (unpaired) electrons. The van der Waals surface area contributed by atoms with Gasteiger partial charge >= 0.3 is 388 Å². The van der Waals surface area contributed by atoms with Crippen LogP contribution in [0.2, 0.25) is 0 Å². The Bertz CT molecular complexity index is 2640. The molecule has 1 unspecified atom stereocenters. The maximum Gasteiger partial charge on any atom is -0.147 e. The van der Waals surface area contributed by atoms with Gasteiger partial charge in [0.25, 0.3) is 0 Å². The number of rotatable bonds is 10. The Morgan fingerprint density at radius 1 is 0.318 bits per heavy atom. The molecule has 9 aromatic carbocycles. The predicted octanol–water partition coefficient (Wildman–Crippen LogP) is 15.4. The van der Waals surface area contributed by atoms with Crippen LogP contribution in [-0.4, -0.2) is 8.07 Å². The molecule has 0 aliphatic heterocycles. The minimum Gasteiger partial charge on any atom is -0.147 e. The van der Waals surface area contributed by atoms with Gasteiger partial charge in [0, 0.05) is 0 Å². The Hall–Kier alpha value is -5.74. The standard InChI is InChI=1S/C61H47Si.3ClH.Ti/c1-44-33-45(2)61(34-44)62(58-38-52(46-21-9-3-10-22-46)35-53(39-58)47-23-11-4-12-24-47,59-40-54(48-25-13-5-14-26-48)36-55(41-59)49-27-15-6-16-28-49)60-42-56(50-29-17-7-18-30-50)37-57(43-60)51-31-19-8-20-32-51;;;;/h3-32,34-44H,1-2H3;3*1H;. The van der Waals surface area contributed by atoms with Crippen molar-refractivity contribution in [3.63, 3.8) is 0 Å². The quantitative estimate of drug-likeness (QED) is 0.0946. The van der Waals surface area contributed by atoms with E-state index in [9.17, 15) is 0 Å². The van der Waals surface area contributed by atoms with E-state index in [1.54, 1.807) is 0 Å². The summed E-state index contributed by atoms with van der Waals surface area (Å²) in [7, 11) is -3.32. The molecule has 0 amide bonds. The van der Waals surface area contributed by atoms with Crippen LogP contribution in [0.4, 0.5) is 0 Å². The van der Waals surface area contributed by atoms with Crippen LogP contribution >= 0.6 is 37.2 Å². The van der Waals surface area contributed by atoms with Gasteiger partial charge in [0.1, 0.15) is 0 Å². The van der Waals surface area contributed by atoms with E-state index in [-0.39, 0.29) is 37.2 Å². The molecule has 66 heavy (non-hydrogen) atoms. The van der Waals surface area contributed by atoms with E-state index in [1.165, 1.54) is 97.0 Å². The van der Waals surface area contributed by atoms with E-state index in [0.717, 1.165) is 0 Å². The zero-order valence-corrected chi connectivity index (χ0v) is 41.9. The van der Waals surface area contributed by atoms with Crippen LogP contribution in [0.25, 0.3) is 66.8 Å². The van der Waals surface area contributed by atoms with Crippen molar-refractivity contribution >= 4 is 60.9 Å². The first-order valence-electron chi connectivity index (χ1n) is 21.9. The van der Waals surface area contributed by atoms with Gasteiger partial charge in [0.15, 0.2) is 0 Å². The van der Waals surface area contributed by atoms with Gasteiger partial charge in [-0.1, -0.05) is 0 Å². The second-order valence-corrected chi connectivity index (χ2v) is 21.4.